The van der Waals surface area contributed by atoms with Gasteiger partial charge in [-0.3, -0.25) is 14.9 Å². The second-order valence-electron chi connectivity index (χ2n) is 5.13. The highest BCUT2D eigenvalue weighted by Gasteiger charge is 2.25. The summed E-state index contributed by atoms with van der Waals surface area (Å²) in [6.07, 6.45) is 5.51. The number of amides is 1. The second kappa shape index (κ2) is 6.35. The van der Waals surface area contributed by atoms with Gasteiger partial charge in [-0.2, -0.15) is 0 Å². The first kappa shape index (κ1) is 15.0. The van der Waals surface area contributed by atoms with E-state index in [0.717, 1.165) is 25.7 Å². The number of rotatable bonds is 3. The van der Waals surface area contributed by atoms with Crippen molar-refractivity contribution in [3.05, 3.63) is 38.3 Å². The van der Waals surface area contributed by atoms with E-state index in [1.807, 2.05) is 0 Å². The van der Waals surface area contributed by atoms with Gasteiger partial charge in [0.2, 0.25) is 0 Å². The summed E-state index contributed by atoms with van der Waals surface area (Å²) in [6, 6.07) is 4.52. The fourth-order valence-corrected chi connectivity index (χ4v) is 3.03. The van der Waals surface area contributed by atoms with Gasteiger partial charge in [0, 0.05) is 29.7 Å². The predicted molar refractivity (Wildman–Crippen MR) is 79.8 cm³/mol. The van der Waals surface area contributed by atoms with E-state index in [-0.39, 0.29) is 17.6 Å². The Labute approximate surface area is 126 Å². The number of non-ortho nitro benzene ring substituents is 1. The smallest absolute Gasteiger partial charge is 0.270 e. The van der Waals surface area contributed by atoms with Crippen LogP contribution in [-0.2, 0) is 0 Å². The number of hydrogen-bond acceptors (Lipinski definition) is 3. The molecule has 0 atom stereocenters. The van der Waals surface area contributed by atoms with Crippen LogP contribution in [0, 0.1) is 10.1 Å². The van der Waals surface area contributed by atoms with Gasteiger partial charge in [0.15, 0.2) is 0 Å². The highest BCUT2D eigenvalue weighted by atomic mass is 79.9. The van der Waals surface area contributed by atoms with Crippen molar-refractivity contribution in [3.8, 4) is 0 Å². The number of halogens is 1. The lowest BCUT2D eigenvalue weighted by Crippen LogP contribution is -2.38. The van der Waals surface area contributed by atoms with Crippen LogP contribution in [0.25, 0.3) is 0 Å². The molecule has 0 bridgehead atoms. The molecule has 0 aromatic heterocycles. The molecule has 1 aromatic rings. The molecule has 0 spiro atoms. The van der Waals surface area contributed by atoms with Crippen molar-refractivity contribution >= 4 is 27.5 Å². The molecule has 1 fully saturated rings. The van der Waals surface area contributed by atoms with Gasteiger partial charge in [0.25, 0.3) is 11.6 Å². The van der Waals surface area contributed by atoms with Crippen molar-refractivity contribution in [2.24, 2.45) is 0 Å². The van der Waals surface area contributed by atoms with E-state index in [2.05, 4.69) is 15.9 Å². The molecule has 0 N–H and O–H groups in total. The van der Waals surface area contributed by atoms with Crippen LogP contribution in [0.1, 0.15) is 42.5 Å². The summed E-state index contributed by atoms with van der Waals surface area (Å²) in [5, 5.41) is 10.8. The molecule has 5 nitrogen and oxygen atoms in total. The molecular weight excluding hydrogens is 324 g/mol. The molecule has 1 aromatic carbocycles. The molecule has 0 aliphatic heterocycles. The average molecular weight is 341 g/mol. The molecule has 108 valence electrons. The standard InChI is InChI=1S/C14H17BrN2O3/c1-16(10-5-3-2-4-6-10)14(18)12-9-11(17(19)20)7-8-13(12)15/h7-10H,2-6H2,1H3. The Kier molecular flexibility index (Phi) is 4.75. The Balaban J connectivity index is 2.23. The molecule has 0 saturated heterocycles. The zero-order chi connectivity index (χ0) is 14.7. The predicted octanol–water partition coefficient (Wildman–Crippen LogP) is 3.76. The zero-order valence-corrected chi connectivity index (χ0v) is 12.9. The third-order valence-electron chi connectivity index (χ3n) is 3.83. The highest BCUT2D eigenvalue weighted by molar-refractivity contribution is 9.10. The molecule has 0 unspecified atom stereocenters. The number of carbonyl (C=O) groups is 1. The number of nitro groups is 1. The van der Waals surface area contributed by atoms with Crippen LogP contribution in [0.5, 0.6) is 0 Å². The molecule has 1 saturated carbocycles. The molecule has 20 heavy (non-hydrogen) atoms. The Morgan fingerprint density at radius 2 is 2.00 bits per heavy atom. The second-order valence-corrected chi connectivity index (χ2v) is 5.98. The lowest BCUT2D eigenvalue weighted by Gasteiger charge is -2.31. The summed E-state index contributed by atoms with van der Waals surface area (Å²) in [5.41, 5.74) is 0.292. The van der Waals surface area contributed by atoms with Gasteiger partial charge >= 0.3 is 0 Å². The first-order valence-corrected chi connectivity index (χ1v) is 7.51. The van der Waals surface area contributed by atoms with Crippen LogP contribution in [0.15, 0.2) is 22.7 Å². The summed E-state index contributed by atoms with van der Waals surface area (Å²) in [5.74, 6) is -0.160. The van der Waals surface area contributed by atoms with E-state index in [1.54, 1.807) is 18.0 Å². The summed E-state index contributed by atoms with van der Waals surface area (Å²) < 4.78 is 0.593. The van der Waals surface area contributed by atoms with Crippen LogP contribution in [-0.4, -0.2) is 28.8 Å². The Bertz CT molecular complexity index is 527. The molecule has 6 heteroatoms. The first-order valence-electron chi connectivity index (χ1n) is 6.72. The SMILES string of the molecule is CN(C(=O)c1cc([N+](=O)[O-])ccc1Br)C1CCCCC1. The monoisotopic (exact) mass is 340 g/mol. The highest BCUT2D eigenvalue weighted by Crippen LogP contribution is 2.27. The fraction of sp³-hybridized carbons (Fsp3) is 0.500. The van der Waals surface area contributed by atoms with Crippen molar-refractivity contribution in [1.82, 2.24) is 4.90 Å². The summed E-state index contributed by atoms with van der Waals surface area (Å²) in [6.45, 7) is 0. The third-order valence-corrected chi connectivity index (χ3v) is 4.53. The van der Waals surface area contributed by atoms with Gasteiger partial charge in [0.1, 0.15) is 0 Å². The van der Waals surface area contributed by atoms with E-state index in [0.29, 0.717) is 10.0 Å². The maximum absolute atomic E-state index is 12.5. The van der Waals surface area contributed by atoms with Crippen molar-refractivity contribution in [3.63, 3.8) is 0 Å². The number of nitro benzene ring substituents is 1. The lowest BCUT2D eigenvalue weighted by molar-refractivity contribution is -0.384. The molecular formula is C14H17BrN2O3. The number of benzene rings is 1. The largest absolute Gasteiger partial charge is 0.339 e. The van der Waals surface area contributed by atoms with Gasteiger partial charge in [-0.05, 0) is 34.8 Å². The van der Waals surface area contributed by atoms with Crippen LogP contribution >= 0.6 is 15.9 Å². The molecule has 1 aliphatic rings. The zero-order valence-electron chi connectivity index (χ0n) is 11.3. The van der Waals surface area contributed by atoms with E-state index >= 15 is 0 Å². The minimum atomic E-state index is -0.482. The van der Waals surface area contributed by atoms with Gasteiger partial charge in [-0.1, -0.05) is 19.3 Å². The molecule has 0 radical (unpaired) electrons. The number of carbonyl (C=O) groups excluding carboxylic acids is 1. The Morgan fingerprint density at radius 1 is 1.35 bits per heavy atom. The van der Waals surface area contributed by atoms with Crippen LogP contribution in [0.3, 0.4) is 0 Å². The van der Waals surface area contributed by atoms with Gasteiger partial charge < -0.3 is 4.90 Å². The summed E-state index contributed by atoms with van der Waals surface area (Å²) in [4.78, 5) is 24.6. The van der Waals surface area contributed by atoms with Gasteiger partial charge in [-0.15, -0.1) is 0 Å². The number of hydrogen-bond donors (Lipinski definition) is 0. The molecule has 1 aliphatic carbocycles. The minimum Gasteiger partial charge on any atom is -0.339 e. The first-order chi connectivity index (χ1) is 9.50. The summed E-state index contributed by atoms with van der Waals surface area (Å²) in [7, 11) is 1.78. The Morgan fingerprint density at radius 3 is 2.60 bits per heavy atom. The maximum Gasteiger partial charge on any atom is 0.270 e. The van der Waals surface area contributed by atoms with Crippen molar-refractivity contribution in [2.75, 3.05) is 7.05 Å². The lowest BCUT2D eigenvalue weighted by atomic mass is 9.94. The maximum atomic E-state index is 12.5. The van der Waals surface area contributed by atoms with Gasteiger partial charge in [-0.25, -0.2) is 0 Å². The number of nitrogens with zero attached hydrogens (tertiary/aromatic N) is 2. The van der Waals surface area contributed by atoms with Crippen LogP contribution in [0.4, 0.5) is 5.69 Å². The Hall–Kier alpha value is -1.43. The van der Waals surface area contributed by atoms with Crippen molar-refractivity contribution < 1.29 is 9.72 Å². The van der Waals surface area contributed by atoms with E-state index in [4.69, 9.17) is 0 Å². The van der Waals surface area contributed by atoms with E-state index < -0.39 is 4.92 Å². The quantitative estimate of drug-likeness (QED) is 0.621. The van der Waals surface area contributed by atoms with Gasteiger partial charge in [0.05, 0.1) is 10.5 Å². The van der Waals surface area contributed by atoms with Crippen LogP contribution in [0.2, 0.25) is 0 Å². The molecule has 1 amide bonds. The van der Waals surface area contributed by atoms with E-state index in [1.165, 1.54) is 18.6 Å². The normalized spacial score (nSPS) is 15.9. The molecule has 0 heterocycles. The summed E-state index contributed by atoms with van der Waals surface area (Å²) >= 11 is 3.30. The third kappa shape index (κ3) is 3.17. The van der Waals surface area contributed by atoms with Crippen molar-refractivity contribution in [1.29, 1.82) is 0 Å². The average Bonchev–Trinajstić information content (AvgIpc) is 2.47. The topological polar surface area (TPSA) is 63.5 Å². The van der Waals surface area contributed by atoms with Crippen LogP contribution < -0.4 is 0 Å². The van der Waals surface area contributed by atoms with Crippen molar-refractivity contribution in [2.45, 2.75) is 38.1 Å². The fourth-order valence-electron chi connectivity index (χ4n) is 2.61. The minimum absolute atomic E-state index is 0.0615. The molecule has 2 rings (SSSR count). The van der Waals surface area contributed by atoms with E-state index in [9.17, 15) is 14.9 Å².